The molecule has 30 heavy (non-hydrogen) atoms. The largest absolute Gasteiger partial charge is 0.507 e. The van der Waals surface area contributed by atoms with Crippen LogP contribution in [0.5, 0.6) is 5.75 Å². The number of halogens is 1. The maximum absolute atomic E-state index is 10.3. The van der Waals surface area contributed by atoms with E-state index in [1.54, 1.807) is 24.5 Å². The van der Waals surface area contributed by atoms with Crippen LogP contribution in [0.1, 0.15) is 40.5 Å². The second-order valence-electron chi connectivity index (χ2n) is 9.26. The van der Waals surface area contributed by atoms with Gasteiger partial charge >= 0.3 is 0 Å². The van der Waals surface area contributed by atoms with Crippen LogP contribution in [-0.4, -0.2) is 49.7 Å². The molecule has 0 spiro atoms. The Bertz CT molecular complexity index is 1030. The quantitative estimate of drug-likeness (QED) is 0.538. The molecule has 3 N–H and O–H groups in total. The van der Waals surface area contributed by atoms with Gasteiger partial charge in [-0.3, -0.25) is 5.10 Å². The van der Waals surface area contributed by atoms with Crippen LogP contribution < -0.4 is 10.2 Å². The van der Waals surface area contributed by atoms with E-state index < -0.39 is 0 Å². The first-order valence-electron chi connectivity index (χ1n) is 9.93. The maximum atomic E-state index is 10.3. The Morgan fingerprint density at radius 1 is 1.17 bits per heavy atom. The number of anilines is 1. The van der Waals surface area contributed by atoms with E-state index in [0.29, 0.717) is 16.6 Å². The third-order valence-electron chi connectivity index (χ3n) is 5.57. The molecular weight excluding hydrogens is 420 g/mol. The molecule has 1 aliphatic rings. The molecule has 160 valence electrons. The molecule has 9 heteroatoms. The highest BCUT2D eigenvalue weighted by molar-refractivity contribution is 7.18. The average Bonchev–Trinajstić information content (AvgIpc) is 3.30. The average molecular weight is 447 g/mol. The van der Waals surface area contributed by atoms with E-state index in [4.69, 9.17) is 11.6 Å². The summed E-state index contributed by atoms with van der Waals surface area (Å²) in [6.45, 7) is 8.98. The van der Waals surface area contributed by atoms with Crippen molar-refractivity contribution in [2.75, 3.05) is 11.9 Å². The van der Waals surface area contributed by atoms with Crippen molar-refractivity contribution in [2.24, 2.45) is 0 Å². The van der Waals surface area contributed by atoms with Crippen molar-refractivity contribution in [3.8, 4) is 27.4 Å². The standard InChI is InChI=1S/C21H27ClN6OS/c1-20(2)8-13(9-21(3,4)27-20)28(5)19-26-25-18(30-19)14-6-7-15(29)16(17(14)22)12-10-23-24-11-12/h6-7,10-11,13,27,29H,8-9H2,1-5H3,(H,23,24). The molecule has 1 aromatic carbocycles. The van der Waals surface area contributed by atoms with E-state index in [2.05, 4.69) is 65.4 Å². The van der Waals surface area contributed by atoms with E-state index in [-0.39, 0.29) is 16.8 Å². The first-order chi connectivity index (χ1) is 14.1. The van der Waals surface area contributed by atoms with Gasteiger partial charge in [0.2, 0.25) is 5.13 Å². The van der Waals surface area contributed by atoms with Crippen LogP contribution in [0.3, 0.4) is 0 Å². The van der Waals surface area contributed by atoms with Crippen molar-refractivity contribution in [2.45, 2.75) is 57.7 Å². The zero-order valence-corrected chi connectivity index (χ0v) is 19.4. The van der Waals surface area contributed by atoms with E-state index >= 15 is 0 Å². The second kappa shape index (κ2) is 7.51. The Morgan fingerprint density at radius 2 is 1.87 bits per heavy atom. The zero-order chi connectivity index (χ0) is 21.7. The predicted molar refractivity (Wildman–Crippen MR) is 122 cm³/mol. The molecular formula is C21H27ClN6OS. The molecule has 1 saturated heterocycles. The molecule has 0 saturated carbocycles. The lowest BCUT2D eigenvalue weighted by Gasteiger charge is -2.48. The first-order valence-corrected chi connectivity index (χ1v) is 11.1. The topological polar surface area (TPSA) is 90.0 Å². The first kappa shape index (κ1) is 21.1. The molecule has 3 heterocycles. The number of aromatic nitrogens is 4. The number of aromatic hydroxyl groups is 1. The summed E-state index contributed by atoms with van der Waals surface area (Å²) in [5, 5.41) is 31.6. The number of hydrogen-bond donors (Lipinski definition) is 3. The van der Waals surface area contributed by atoms with Crippen LogP contribution >= 0.6 is 22.9 Å². The van der Waals surface area contributed by atoms with Gasteiger partial charge in [-0.1, -0.05) is 22.9 Å². The van der Waals surface area contributed by atoms with Gasteiger partial charge in [0.25, 0.3) is 0 Å². The smallest absolute Gasteiger partial charge is 0.208 e. The van der Waals surface area contributed by atoms with Crippen molar-refractivity contribution in [1.29, 1.82) is 0 Å². The van der Waals surface area contributed by atoms with Crippen LogP contribution in [0.15, 0.2) is 24.5 Å². The minimum absolute atomic E-state index is 0.0496. The van der Waals surface area contributed by atoms with Gasteiger partial charge < -0.3 is 15.3 Å². The van der Waals surface area contributed by atoms with Gasteiger partial charge in [-0.15, -0.1) is 10.2 Å². The van der Waals surface area contributed by atoms with Gasteiger partial charge in [-0.05, 0) is 52.7 Å². The van der Waals surface area contributed by atoms with Gasteiger partial charge in [0.15, 0.2) is 5.01 Å². The second-order valence-corrected chi connectivity index (χ2v) is 10.6. The molecule has 0 unspecified atom stereocenters. The number of phenols is 1. The number of H-pyrrole nitrogens is 1. The number of aromatic amines is 1. The van der Waals surface area contributed by atoms with Gasteiger partial charge in [0.05, 0.1) is 11.2 Å². The molecule has 1 fully saturated rings. The number of phenolic OH excluding ortho intramolecular Hbond substituents is 1. The Morgan fingerprint density at radius 3 is 2.50 bits per heavy atom. The summed E-state index contributed by atoms with van der Waals surface area (Å²) in [5.41, 5.74) is 2.10. The summed E-state index contributed by atoms with van der Waals surface area (Å²) < 4.78 is 0. The molecule has 3 aromatic rings. The fourth-order valence-electron chi connectivity index (χ4n) is 4.56. The van der Waals surface area contributed by atoms with Crippen molar-refractivity contribution < 1.29 is 5.11 Å². The molecule has 0 radical (unpaired) electrons. The summed E-state index contributed by atoms with van der Waals surface area (Å²) in [4.78, 5) is 2.23. The van der Waals surface area contributed by atoms with Crippen molar-refractivity contribution in [1.82, 2.24) is 25.7 Å². The third kappa shape index (κ3) is 4.04. The van der Waals surface area contributed by atoms with E-state index in [1.807, 2.05) is 0 Å². The maximum Gasteiger partial charge on any atom is 0.208 e. The highest BCUT2D eigenvalue weighted by Gasteiger charge is 2.39. The van der Waals surface area contributed by atoms with Crippen LogP contribution in [0.25, 0.3) is 21.7 Å². The molecule has 0 aliphatic carbocycles. The molecule has 4 rings (SSSR count). The molecule has 7 nitrogen and oxygen atoms in total. The molecule has 0 amide bonds. The summed E-state index contributed by atoms with van der Waals surface area (Å²) >= 11 is 8.18. The SMILES string of the molecule is CN(c1nnc(-c2ccc(O)c(-c3cn[nH]c3)c2Cl)s1)C1CC(C)(C)NC(C)(C)C1. The van der Waals surface area contributed by atoms with Gasteiger partial charge in [-0.2, -0.15) is 5.10 Å². The lowest BCUT2D eigenvalue weighted by Crippen LogP contribution is -2.61. The number of nitrogens with zero attached hydrogens (tertiary/aromatic N) is 4. The Labute approximate surface area is 185 Å². The van der Waals surface area contributed by atoms with Gasteiger partial charge in [-0.25, -0.2) is 0 Å². The molecule has 0 bridgehead atoms. The van der Waals surface area contributed by atoms with Gasteiger partial charge in [0.1, 0.15) is 5.75 Å². The van der Waals surface area contributed by atoms with E-state index in [1.165, 1.54) is 11.3 Å². The summed E-state index contributed by atoms with van der Waals surface area (Å²) in [7, 11) is 2.09. The van der Waals surface area contributed by atoms with E-state index in [9.17, 15) is 5.11 Å². The predicted octanol–water partition coefficient (Wildman–Crippen LogP) is 4.70. The van der Waals surface area contributed by atoms with E-state index in [0.717, 1.165) is 34.1 Å². The van der Waals surface area contributed by atoms with Crippen molar-refractivity contribution in [3.63, 3.8) is 0 Å². The van der Waals surface area contributed by atoms with Gasteiger partial charge in [0, 0.05) is 47.1 Å². The highest BCUT2D eigenvalue weighted by atomic mass is 35.5. The number of nitrogens with one attached hydrogen (secondary N) is 2. The van der Waals surface area contributed by atoms with Crippen LogP contribution in [0.4, 0.5) is 5.13 Å². The Kier molecular flexibility index (Phi) is 5.28. The Balaban J connectivity index is 1.64. The normalized spacial score (nSPS) is 18.5. The number of rotatable bonds is 4. The van der Waals surface area contributed by atoms with Crippen molar-refractivity contribution >= 4 is 28.1 Å². The minimum Gasteiger partial charge on any atom is -0.507 e. The summed E-state index contributed by atoms with van der Waals surface area (Å²) in [6, 6.07) is 3.77. The van der Waals surface area contributed by atoms with Crippen LogP contribution in [-0.2, 0) is 0 Å². The van der Waals surface area contributed by atoms with Crippen molar-refractivity contribution in [3.05, 3.63) is 29.5 Å². The Hall–Kier alpha value is -2.16. The van der Waals surface area contributed by atoms with Crippen LogP contribution in [0.2, 0.25) is 5.02 Å². The number of benzene rings is 1. The lowest BCUT2D eigenvalue weighted by atomic mass is 9.79. The minimum atomic E-state index is 0.0496. The molecule has 0 atom stereocenters. The fraction of sp³-hybridized carbons (Fsp3) is 0.476. The summed E-state index contributed by atoms with van der Waals surface area (Å²) in [5.74, 6) is 0.103. The zero-order valence-electron chi connectivity index (χ0n) is 17.8. The molecule has 1 aliphatic heterocycles. The lowest BCUT2D eigenvalue weighted by molar-refractivity contribution is 0.161. The fourth-order valence-corrected chi connectivity index (χ4v) is 5.88. The van der Waals surface area contributed by atoms with Crippen LogP contribution in [0, 0.1) is 0 Å². The summed E-state index contributed by atoms with van der Waals surface area (Å²) in [6.07, 6.45) is 5.37. The number of piperidine rings is 1. The third-order valence-corrected chi connectivity index (χ3v) is 7.01. The highest BCUT2D eigenvalue weighted by Crippen LogP contribution is 2.43. The monoisotopic (exact) mass is 446 g/mol. The molecule has 2 aromatic heterocycles. The number of hydrogen-bond acceptors (Lipinski definition) is 7.